The number of benzene rings is 1. The van der Waals surface area contributed by atoms with E-state index < -0.39 is 46.8 Å². The molecule has 0 N–H and O–H groups in total. The molecule has 3 nitrogen and oxygen atoms in total. The highest BCUT2D eigenvalue weighted by atomic mass is 19.2. The van der Waals surface area contributed by atoms with Gasteiger partial charge in [-0.2, -0.15) is 0 Å². The van der Waals surface area contributed by atoms with Crippen molar-refractivity contribution in [1.82, 2.24) is 0 Å². The van der Waals surface area contributed by atoms with Gasteiger partial charge in [0.15, 0.2) is 17.5 Å². The molecule has 0 spiro atoms. The fourth-order valence-electron chi connectivity index (χ4n) is 5.46. The molecule has 5 fully saturated rings. The third kappa shape index (κ3) is 1.52. The van der Waals surface area contributed by atoms with E-state index in [1.165, 1.54) is 0 Å². The summed E-state index contributed by atoms with van der Waals surface area (Å²) in [6, 6.07) is 1.73. The maximum atomic E-state index is 14.1. The number of halogens is 3. The zero-order valence-corrected chi connectivity index (χ0v) is 12.1. The number of rotatable bonds is 1. The number of amides is 2. The van der Waals surface area contributed by atoms with Crippen LogP contribution in [0.15, 0.2) is 12.1 Å². The van der Waals surface area contributed by atoms with Crippen LogP contribution in [0, 0.1) is 53.0 Å². The predicted octanol–water partition coefficient (Wildman–Crippen LogP) is 2.89. The first-order valence-corrected chi connectivity index (χ1v) is 8.02. The van der Waals surface area contributed by atoms with Crippen LogP contribution in [0.1, 0.15) is 19.3 Å². The fraction of sp³-hybridized carbons (Fsp3) is 0.529. The van der Waals surface area contributed by atoms with E-state index in [1.54, 1.807) is 0 Å². The van der Waals surface area contributed by atoms with Gasteiger partial charge in [-0.05, 0) is 55.1 Å². The Morgan fingerprint density at radius 1 is 0.826 bits per heavy atom. The zero-order chi connectivity index (χ0) is 16.0. The Balaban J connectivity index is 1.60. The van der Waals surface area contributed by atoms with E-state index >= 15 is 0 Å². The Kier molecular flexibility index (Phi) is 2.46. The first kappa shape index (κ1) is 13.6. The molecule has 1 aliphatic heterocycles. The van der Waals surface area contributed by atoms with Crippen molar-refractivity contribution in [1.29, 1.82) is 0 Å². The van der Waals surface area contributed by atoms with Crippen LogP contribution in [0.25, 0.3) is 0 Å². The van der Waals surface area contributed by atoms with Gasteiger partial charge in [-0.1, -0.05) is 0 Å². The van der Waals surface area contributed by atoms with Gasteiger partial charge in [0.2, 0.25) is 11.8 Å². The van der Waals surface area contributed by atoms with Crippen LogP contribution >= 0.6 is 0 Å². The average Bonchev–Trinajstić information content (AvgIpc) is 3.32. The maximum Gasteiger partial charge on any atom is 0.238 e. The number of carbonyl (C=O) groups is 2. The Morgan fingerprint density at radius 2 is 1.39 bits per heavy atom. The highest BCUT2D eigenvalue weighted by molar-refractivity contribution is 6.22. The number of hydrogen-bond donors (Lipinski definition) is 0. The van der Waals surface area contributed by atoms with Gasteiger partial charge in [0, 0.05) is 0 Å². The van der Waals surface area contributed by atoms with Gasteiger partial charge in [0.1, 0.15) is 0 Å². The Labute approximate surface area is 130 Å². The molecule has 1 aromatic carbocycles. The van der Waals surface area contributed by atoms with Crippen molar-refractivity contribution >= 4 is 17.5 Å². The summed E-state index contributed by atoms with van der Waals surface area (Å²) in [5.41, 5.74) is -0.457. The highest BCUT2D eigenvalue weighted by Gasteiger charge is 2.68. The molecule has 5 aliphatic rings. The molecule has 0 radical (unpaired) electrons. The normalized spacial score (nSPS) is 40.4. The monoisotopic (exact) mass is 321 g/mol. The largest absolute Gasteiger partial charge is 0.274 e. The molecule has 120 valence electrons. The second-order valence-corrected chi connectivity index (χ2v) is 7.23. The third-order valence-corrected chi connectivity index (χ3v) is 6.40. The second kappa shape index (κ2) is 4.16. The fourth-order valence-corrected chi connectivity index (χ4v) is 5.46. The van der Waals surface area contributed by atoms with Crippen LogP contribution in [-0.2, 0) is 9.59 Å². The third-order valence-electron chi connectivity index (χ3n) is 6.40. The van der Waals surface area contributed by atoms with Gasteiger partial charge in [-0.25, -0.2) is 18.1 Å². The van der Waals surface area contributed by atoms with Crippen molar-refractivity contribution in [2.24, 2.45) is 35.5 Å². The minimum absolute atomic E-state index is 0.185. The lowest BCUT2D eigenvalue weighted by molar-refractivity contribution is -0.129. The van der Waals surface area contributed by atoms with E-state index in [0.717, 1.165) is 36.3 Å². The Bertz CT molecular complexity index is 730. The molecule has 0 aromatic heterocycles. The smallest absolute Gasteiger partial charge is 0.238 e. The average molecular weight is 321 g/mol. The molecule has 6 rings (SSSR count). The zero-order valence-electron chi connectivity index (χ0n) is 12.1. The van der Waals surface area contributed by atoms with Gasteiger partial charge in [-0.3, -0.25) is 9.59 Å². The summed E-state index contributed by atoms with van der Waals surface area (Å²) in [6.07, 6.45) is 2.95. The van der Waals surface area contributed by atoms with E-state index in [9.17, 15) is 22.8 Å². The number of imide groups is 1. The Hall–Kier alpha value is -1.85. The molecule has 1 saturated heterocycles. The van der Waals surface area contributed by atoms with Crippen molar-refractivity contribution in [3.8, 4) is 0 Å². The van der Waals surface area contributed by atoms with Crippen molar-refractivity contribution in [3.05, 3.63) is 29.6 Å². The maximum absolute atomic E-state index is 14.1. The van der Waals surface area contributed by atoms with Gasteiger partial charge in [0.05, 0.1) is 17.5 Å². The molecular formula is C17H14F3NO2. The van der Waals surface area contributed by atoms with Crippen LogP contribution in [0.3, 0.4) is 0 Å². The molecule has 2 bridgehead atoms. The van der Waals surface area contributed by atoms with Crippen molar-refractivity contribution in [2.45, 2.75) is 19.3 Å². The van der Waals surface area contributed by atoms with Gasteiger partial charge >= 0.3 is 0 Å². The summed E-state index contributed by atoms with van der Waals surface area (Å²) >= 11 is 0. The number of hydrogen-bond acceptors (Lipinski definition) is 2. The van der Waals surface area contributed by atoms with Crippen molar-refractivity contribution < 1.29 is 22.8 Å². The van der Waals surface area contributed by atoms with E-state index in [2.05, 4.69) is 0 Å². The van der Waals surface area contributed by atoms with Crippen LogP contribution in [0.2, 0.25) is 0 Å². The van der Waals surface area contributed by atoms with Crippen molar-refractivity contribution in [2.75, 3.05) is 4.90 Å². The van der Waals surface area contributed by atoms with E-state index in [-0.39, 0.29) is 11.8 Å². The molecule has 6 atom stereocenters. The second-order valence-electron chi connectivity index (χ2n) is 7.23. The molecule has 6 unspecified atom stereocenters. The Morgan fingerprint density at radius 3 is 1.96 bits per heavy atom. The summed E-state index contributed by atoms with van der Waals surface area (Å²) in [5, 5.41) is 0. The molecule has 2 amide bonds. The predicted molar refractivity (Wildman–Crippen MR) is 73.6 cm³/mol. The van der Waals surface area contributed by atoms with Crippen LogP contribution in [-0.4, -0.2) is 11.8 Å². The van der Waals surface area contributed by atoms with E-state index in [0.29, 0.717) is 11.8 Å². The molecule has 4 saturated carbocycles. The van der Waals surface area contributed by atoms with E-state index in [1.807, 2.05) is 0 Å². The lowest BCUT2D eigenvalue weighted by Crippen LogP contribution is -2.43. The summed E-state index contributed by atoms with van der Waals surface area (Å²) in [7, 11) is 0. The summed E-state index contributed by atoms with van der Waals surface area (Å²) < 4.78 is 40.7. The first-order valence-electron chi connectivity index (χ1n) is 8.02. The standard InChI is InChI=1S/C17H14F3NO2/c18-10-3-4-11(15(20)14(10)19)21-16(22)12-6-1-2-7(9-5-8(6)9)13(12)17(21)23/h3-4,6-9,12-13H,1-2,5H2. The summed E-state index contributed by atoms with van der Waals surface area (Å²) in [4.78, 5) is 26.3. The summed E-state index contributed by atoms with van der Waals surface area (Å²) in [5.74, 6) is -4.74. The summed E-state index contributed by atoms with van der Waals surface area (Å²) in [6.45, 7) is 0. The molecule has 4 aliphatic carbocycles. The topological polar surface area (TPSA) is 37.4 Å². The number of fused-ring (bicyclic) bond motifs is 1. The number of carbonyl (C=O) groups excluding carboxylic acids is 2. The minimum atomic E-state index is -1.65. The van der Waals surface area contributed by atoms with Gasteiger partial charge in [-0.15, -0.1) is 0 Å². The molecule has 1 heterocycles. The highest BCUT2D eigenvalue weighted by Crippen LogP contribution is 2.68. The SMILES string of the molecule is O=C1C2C3CCC(C4CC43)C2C(=O)N1c1ccc(F)c(F)c1F. The lowest BCUT2D eigenvalue weighted by atomic mass is 9.59. The minimum Gasteiger partial charge on any atom is -0.274 e. The van der Waals surface area contributed by atoms with Crippen LogP contribution in [0.5, 0.6) is 0 Å². The lowest BCUT2D eigenvalue weighted by Gasteiger charge is -2.42. The van der Waals surface area contributed by atoms with Crippen LogP contribution in [0.4, 0.5) is 18.9 Å². The van der Waals surface area contributed by atoms with E-state index in [4.69, 9.17) is 0 Å². The molecule has 6 heteroatoms. The number of nitrogens with zero attached hydrogens (tertiary/aromatic N) is 1. The first-order chi connectivity index (χ1) is 11.0. The van der Waals surface area contributed by atoms with Crippen LogP contribution < -0.4 is 4.90 Å². The van der Waals surface area contributed by atoms with Gasteiger partial charge < -0.3 is 0 Å². The van der Waals surface area contributed by atoms with Gasteiger partial charge in [0.25, 0.3) is 0 Å². The molecule has 23 heavy (non-hydrogen) atoms. The van der Waals surface area contributed by atoms with Crippen molar-refractivity contribution in [3.63, 3.8) is 0 Å². The quantitative estimate of drug-likeness (QED) is 0.589. The molecular weight excluding hydrogens is 307 g/mol. The number of anilines is 1. The molecule has 1 aromatic rings.